The molecular weight excluding hydrogens is 433 g/mol. The van der Waals surface area contributed by atoms with E-state index in [1.165, 1.54) is 24.3 Å². The standard InChI is InChI=1S/C19H17F3N6O2S/c1-3-13-6-9-15-16(26-13)17(24-10-19(20,21)22)28-18(27-15)25-11(2)12-4-7-14(8-5-12)31(23,29)30/h1,4-9,11H,10H2,2H3,(H2,23,29,30)(H2,24,25,27,28). The van der Waals surface area contributed by atoms with Crippen molar-refractivity contribution in [1.29, 1.82) is 0 Å². The van der Waals surface area contributed by atoms with Crippen LogP contribution in [-0.4, -0.2) is 36.1 Å². The van der Waals surface area contributed by atoms with Crippen molar-refractivity contribution in [3.63, 3.8) is 0 Å². The van der Waals surface area contributed by atoms with Crippen LogP contribution < -0.4 is 15.8 Å². The average Bonchev–Trinajstić information content (AvgIpc) is 2.70. The van der Waals surface area contributed by atoms with Crippen LogP contribution in [0.1, 0.15) is 24.2 Å². The van der Waals surface area contributed by atoms with Crippen molar-refractivity contribution in [3.05, 3.63) is 47.7 Å². The zero-order chi connectivity index (χ0) is 22.8. The molecule has 12 heteroatoms. The van der Waals surface area contributed by atoms with Crippen molar-refractivity contribution in [2.24, 2.45) is 5.14 Å². The number of alkyl halides is 3. The average molecular weight is 450 g/mol. The van der Waals surface area contributed by atoms with Crippen LogP contribution in [0, 0.1) is 12.3 Å². The van der Waals surface area contributed by atoms with Crippen LogP contribution in [0.5, 0.6) is 0 Å². The van der Waals surface area contributed by atoms with Gasteiger partial charge < -0.3 is 10.6 Å². The molecule has 0 fully saturated rings. The molecule has 1 unspecified atom stereocenters. The maximum atomic E-state index is 12.7. The number of terminal acetylenes is 1. The van der Waals surface area contributed by atoms with E-state index in [-0.39, 0.29) is 33.4 Å². The molecule has 3 rings (SSSR count). The molecule has 0 amide bonds. The number of halogens is 3. The fourth-order valence-electron chi connectivity index (χ4n) is 2.69. The molecule has 0 aliphatic carbocycles. The van der Waals surface area contributed by atoms with Gasteiger partial charge in [0.05, 0.1) is 16.5 Å². The van der Waals surface area contributed by atoms with Crippen molar-refractivity contribution < 1.29 is 21.6 Å². The van der Waals surface area contributed by atoms with Gasteiger partial charge >= 0.3 is 6.18 Å². The van der Waals surface area contributed by atoms with Crippen LogP contribution in [0.15, 0.2) is 41.3 Å². The molecule has 31 heavy (non-hydrogen) atoms. The Morgan fingerprint density at radius 3 is 2.39 bits per heavy atom. The molecular formula is C19H17F3N6O2S. The molecule has 0 bridgehead atoms. The van der Waals surface area contributed by atoms with Crippen LogP contribution in [0.4, 0.5) is 24.9 Å². The summed E-state index contributed by atoms with van der Waals surface area (Å²) in [5, 5.41) is 10.3. The SMILES string of the molecule is C#Cc1ccc2nc(NC(C)c3ccc(S(N)(=O)=O)cc3)nc(NCC(F)(F)F)c2n1. The Hall–Kier alpha value is -3.43. The number of aromatic nitrogens is 3. The van der Waals surface area contributed by atoms with Crippen LogP contribution in [0.3, 0.4) is 0 Å². The van der Waals surface area contributed by atoms with Crippen LogP contribution >= 0.6 is 0 Å². The van der Waals surface area contributed by atoms with E-state index in [1.807, 2.05) is 0 Å². The largest absolute Gasteiger partial charge is 0.405 e. The Kier molecular flexibility index (Phi) is 6.01. The first-order chi connectivity index (χ1) is 14.5. The highest BCUT2D eigenvalue weighted by atomic mass is 32.2. The lowest BCUT2D eigenvalue weighted by atomic mass is 10.1. The number of sulfonamides is 1. The number of nitrogens with two attached hydrogens (primary N) is 1. The molecule has 0 saturated heterocycles. The number of benzene rings is 1. The van der Waals surface area contributed by atoms with Crippen LogP contribution in [0.25, 0.3) is 11.0 Å². The number of hydrogen-bond donors (Lipinski definition) is 3. The normalized spacial score (nSPS) is 12.9. The monoisotopic (exact) mass is 450 g/mol. The summed E-state index contributed by atoms with van der Waals surface area (Å²) in [6.07, 6.45) is 0.855. The smallest absolute Gasteiger partial charge is 0.359 e. The van der Waals surface area contributed by atoms with Gasteiger partial charge in [-0.15, -0.1) is 6.42 Å². The van der Waals surface area contributed by atoms with Crippen molar-refractivity contribution in [2.75, 3.05) is 17.2 Å². The highest BCUT2D eigenvalue weighted by molar-refractivity contribution is 7.89. The first kappa shape index (κ1) is 22.3. The van der Waals surface area contributed by atoms with Crippen molar-refractivity contribution in [2.45, 2.75) is 24.0 Å². The number of pyridine rings is 1. The zero-order valence-electron chi connectivity index (χ0n) is 16.1. The second-order valence-corrected chi connectivity index (χ2v) is 8.11. The summed E-state index contributed by atoms with van der Waals surface area (Å²) >= 11 is 0. The summed E-state index contributed by atoms with van der Waals surface area (Å²) in [5.74, 6) is 2.24. The number of anilines is 2. The molecule has 0 spiro atoms. The highest BCUT2D eigenvalue weighted by Gasteiger charge is 2.27. The lowest BCUT2D eigenvalue weighted by Gasteiger charge is -2.17. The van der Waals surface area contributed by atoms with Crippen molar-refractivity contribution in [1.82, 2.24) is 15.0 Å². The fourth-order valence-corrected chi connectivity index (χ4v) is 3.20. The third-order valence-corrected chi connectivity index (χ3v) is 5.13. The number of fused-ring (bicyclic) bond motifs is 1. The predicted octanol–water partition coefficient (Wildman–Crippen LogP) is 2.80. The molecule has 2 aromatic heterocycles. The molecule has 162 valence electrons. The lowest BCUT2D eigenvalue weighted by Crippen LogP contribution is -2.22. The molecule has 0 aliphatic rings. The van der Waals surface area contributed by atoms with Gasteiger partial charge in [0.25, 0.3) is 0 Å². The zero-order valence-corrected chi connectivity index (χ0v) is 16.9. The molecule has 1 aromatic carbocycles. The summed E-state index contributed by atoms with van der Waals surface area (Å²) in [5.41, 5.74) is 1.31. The first-order valence-corrected chi connectivity index (χ1v) is 10.4. The quantitative estimate of drug-likeness (QED) is 0.494. The van der Waals surface area contributed by atoms with E-state index in [9.17, 15) is 21.6 Å². The van der Waals surface area contributed by atoms with Gasteiger partial charge in [0.15, 0.2) is 5.82 Å². The molecule has 8 nitrogen and oxygen atoms in total. The molecule has 0 radical (unpaired) electrons. The Morgan fingerprint density at radius 1 is 1.13 bits per heavy atom. The van der Waals surface area contributed by atoms with Gasteiger partial charge in [-0.3, -0.25) is 0 Å². The number of hydrogen-bond acceptors (Lipinski definition) is 7. The lowest BCUT2D eigenvalue weighted by molar-refractivity contribution is -0.115. The van der Waals surface area contributed by atoms with E-state index in [0.29, 0.717) is 5.56 Å². The van der Waals surface area contributed by atoms with E-state index >= 15 is 0 Å². The highest BCUT2D eigenvalue weighted by Crippen LogP contribution is 2.25. The Labute approximate surface area is 176 Å². The topological polar surface area (TPSA) is 123 Å². The Balaban J connectivity index is 1.93. The van der Waals surface area contributed by atoms with Crippen molar-refractivity contribution in [3.8, 4) is 12.3 Å². The van der Waals surface area contributed by atoms with Gasteiger partial charge in [-0.25, -0.2) is 23.5 Å². The summed E-state index contributed by atoms with van der Waals surface area (Å²) in [6.45, 7) is 0.438. The van der Waals surface area contributed by atoms with E-state index < -0.39 is 28.8 Å². The summed E-state index contributed by atoms with van der Waals surface area (Å²) < 4.78 is 60.9. The summed E-state index contributed by atoms with van der Waals surface area (Å²) in [6, 6.07) is 8.47. The number of primary sulfonamides is 1. The third-order valence-electron chi connectivity index (χ3n) is 4.20. The van der Waals surface area contributed by atoms with Gasteiger partial charge in [-0.05, 0) is 36.8 Å². The molecule has 1 atom stereocenters. The molecule has 4 N–H and O–H groups in total. The molecule has 2 heterocycles. The van der Waals surface area contributed by atoms with Gasteiger partial charge in [-0.2, -0.15) is 18.2 Å². The number of nitrogens with zero attached hydrogens (tertiary/aromatic N) is 3. The van der Waals surface area contributed by atoms with E-state index in [0.717, 1.165) is 0 Å². The first-order valence-electron chi connectivity index (χ1n) is 8.81. The maximum Gasteiger partial charge on any atom is 0.405 e. The van der Waals surface area contributed by atoms with Gasteiger partial charge in [-0.1, -0.05) is 18.1 Å². The molecule has 0 aliphatic heterocycles. The maximum absolute atomic E-state index is 12.7. The predicted molar refractivity (Wildman–Crippen MR) is 110 cm³/mol. The number of nitrogens with one attached hydrogen (secondary N) is 2. The molecule has 0 saturated carbocycles. The van der Waals surface area contributed by atoms with E-state index in [4.69, 9.17) is 11.6 Å². The third kappa shape index (κ3) is 5.59. The minimum absolute atomic E-state index is 0.0422. The Morgan fingerprint density at radius 2 is 1.81 bits per heavy atom. The van der Waals surface area contributed by atoms with E-state index in [1.54, 1.807) is 19.1 Å². The number of rotatable bonds is 6. The van der Waals surface area contributed by atoms with E-state index in [2.05, 4.69) is 31.5 Å². The summed E-state index contributed by atoms with van der Waals surface area (Å²) in [7, 11) is -3.82. The van der Waals surface area contributed by atoms with Crippen molar-refractivity contribution >= 4 is 32.8 Å². The minimum atomic E-state index is -4.47. The van der Waals surface area contributed by atoms with Crippen LogP contribution in [-0.2, 0) is 10.0 Å². The second kappa shape index (κ2) is 8.37. The van der Waals surface area contributed by atoms with Crippen LogP contribution in [0.2, 0.25) is 0 Å². The fraction of sp³-hybridized carbons (Fsp3) is 0.211. The van der Waals surface area contributed by atoms with Gasteiger partial charge in [0, 0.05) is 0 Å². The van der Waals surface area contributed by atoms with Gasteiger partial charge in [0.1, 0.15) is 17.8 Å². The molecule has 3 aromatic rings. The summed E-state index contributed by atoms with van der Waals surface area (Å²) in [4.78, 5) is 12.5. The second-order valence-electron chi connectivity index (χ2n) is 6.55. The Bertz CT molecular complexity index is 1250. The minimum Gasteiger partial charge on any atom is -0.359 e. The van der Waals surface area contributed by atoms with Gasteiger partial charge in [0.2, 0.25) is 16.0 Å².